The van der Waals surface area contributed by atoms with E-state index in [0.717, 1.165) is 4.90 Å². The molecule has 200 valence electrons. The molecule has 5 rings (SSSR count). The zero-order valence-corrected chi connectivity index (χ0v) is 20.4. The smallest absolute Gasteiger partial charge is 0.338 e. The van der Waals surface area contributed by atoms with E-state index in [1.54, 1.807) is 12.1 Å². The van der Waals surface area contributed by atoms with Gasteiger partial charge in [0.15, 0.2) is 6.61 Å². The highest BCUT2D eigenvalue weighted by atomic mass is 16.6. The second kappa shape index (κ2) is 10.5. The van der Waals surface area contributed by atoms with Crippen LogP contribution in [0.5, 0.6) is 0 Å². The van der Waals surface area contributed by atoms with E-state index in [1.165, 1.54) is 60.9 Å². The Labute approximate surface area is 224 Å². The second-order valence-corrected chi connectivity index (χ2v) is 8.50. The third-order valence-corrected chi connectivity index (χ3v) is 6.03. The van der Waals surface area contributed by atoms with Crippen molar-refractivity contribution in [2.45, 2.75) is 6.54 Å². The molecule has 1 aromatic heterocycles. The zero-order valence-electron chi connectivity index (χ0n) is 20.4. The minimum Gasteiger partial charge on any atom is -0.467 e. The Balaban J connectivity index is 1.24. The van der Waals surface area contributed by atoms with Crippen molar-refractivity contribution in [3.8, 4) is 0 Å². The highest BCUT2D eigenvalue weighted by Gasteiger charge is 2.35. The van der Waals surface area contributed by atoms with E-state index in [9.17, 15) is 34.1 Å². The summed E-state index contributed by atoms with van der Waals surface area (Å²) >= 11 is 0. The van der Waals surface area contributed by atoms with Crippen molar-refractivity contribution in [2.75, 3.05) is 11.5 Å². The molecule has 0 spiro atoms. The SMILES string of the molecule is O=C(COC(=O)c1ccc(N2C(=O)c3cccc4c([N+](=O)[O-])ccc(c34)C2=O)cc1)NC(=O)NCc1ccco1. The number of anilines is 1. The molecule has 40 heavy (non-hydrogen) atoms. The number of nitrogens with one attached hydrogen (secondary N) is 2. The number of urea groups is 1. The van der Waals surface area contributed by atoms with Gasteiger partial charge < -0.3 is 14.5 Å². The molecule has 0 saturated carbocycles. The Morgan fingerprint density at radius 3 is 2.33 bits per heavy atom. The summed E-state index contributed by atoms with van der Waals surface area (Å²) in [6, 6.07) is 14.8. The molecule has 0 saturated heterocycles. The van der Waals surface area contributed by atoms with Crippen molar-refractivity contribution in [3.63, 3.8) is 0 Å². The average molecular weight is 542 g/mol. The fraction of sp³-hybridized carbons (Fsp3) is 0.0741. The molecule has 0 fully saturated rings. The summed E-state index contributed by atoms with van der Waals surface area (Å²) in [5, 5.41) is 16.2. The maximum atomic E-state index is 13.3. The number of rotatable bonds is 7. The van der Waals surface area contributed by atoms with Gasteiger partial charge in [-0.2, -0.15) is 0 Å². The molecular formula is C27H18N4O9. The molecule has 3 aromatic carbocycles. The molecular weight excluding hydrogens is 524 g/mol. The van der Waals surface area contributed by atoms with Crippen LogP contribution in [0.25, 0.3) is 10.8 Å². The maximum absolute atomic E-state index is 13.3. The first kappa shape index (κ1) is 25.8. The summed E-state index contributed by atoms with van der Waals surface area (Å²) in [4.78, 5) is 74.4. The van der Waals surface area contributed by atoms with Gasteiger partial charge in [-0.15, -0.1) is 0 Å². The summed E-state index contributed by atoms with van der Waals surface area (Å²) < 4.78 is 9.99. The number of carbonyl (C=O) groups is 5. The van der Waals surface area contributed by atoms with Crippen molar-refractivity contribution < 1.29 is 38.1 Å². The Hall–Kier alpha value is -5.85. The molecule has 13 nitrogen and oxygen atoms in total. The number of benzene rings is 3. The molecule has 0 aliphatic carbocycles. The molecule has 4 aromatic rings. The monoisotopic (exact) mass is 542 g/mol. The highest BCUT2D eigenvalue weighted by molar-refractivity contribution is 6.36. The lowest BCUT2D eigenvalue weighted by atomic mass is 9.92. The van der Waals surface area contributed by atoms with Gasteiger partial charge in [0.05, 0.1) is 34.4 Å². The van der Waals surface area contributed by atoms with Gasteiger partial charge in [0.1, 0.15) is 5.76 Å². The number of nitro benzene ring substituents is 1. The lowest BCUT2D eigenvalue weighted by molar-refractivity contribution is -0.383. The third kappa shape index (κ3) is 4.86. The Morgan fingerprint density at radius 2 is 1.65 bits per heavy atom. The van der Waals surface area contributed by atoms with Gasteiger partial charge in [-0.05, 0) is 54.6 Å². The fourth-order valence-electron chi connectivity index (χ4n) is 4.22. The number of hydrogen-bond donors (Lipinski definition) is 2. The summed E-state index contributed by atoms with van der Waals surface area (Å²) in [5.74, 6) is -2.62. The van der Waals surface area contributed by atoms with Crippen molar-refractivity contribution in [2.24, 2.45) is 0 Å². The van der Waals surface area contributed by atoms with Gasteiger partial charge in [0.25, 0.3) is 23.4 Å². The predicted octanol–water partition coefficient (Wildman–Crippen LogP) is 3.32. The fourth-order valence-corrected chi connectivity index (χ4v) is 4.22. The third-order valence-electron chi connectivity index (χ3n) is 6.03. The molecule has 2 N–H and O–H groups in total. The van der Waals surface area contributed by atoms with E-state index < -0.39 is 41.3 Å². The van der Waals surface area contributed by atoms with Crippen molar-refractivity contribution in [1.82, 2.24) is 10.6 Å². The minimum atomic E-state index is -0.878. The highest BCUT2D eigenvalue weighted by Crippen LogP contribution is 2.36. The molecule has 1 aliphatic heterocycles. The summed E-state index contributed by atoms with van der Waals surface area (Å²) in [6.07, 6.45) is 1.43. The van der Waals surface area contributed by atoms with E-state index in [4.69, 9.17) is 9.15 Å². The number of non-ortho nitro benzene ring substituents is 1. The van der Waals surface area contributed by atoms with Gasteiger partial charge in [-0.3, -0.25) is 29.8 Å². The van der Waals surface area contributed by atoms with E-state index in [0.29, 0.717) is 5.76 Å². The van der Waals surface area contributed by atoms with Gasteiger partial charge in [-0.1, -0.05) is 6.07 Å². The van der Waals surface area contributed by atoms with Gasteiger partial charge in [0, 0.05) is 22.6 Å². The summed E-state index contributed by atoms with van der Waals surface area (Å²) in [7, 11) is 0. The maximum Gasteiger partial charge on any atom is 0.338 e. The van der Waals surface area contributed by atoms with Crippen molar-refractivity contribution in [3.05, 3.63) is 106 Å². The van der Waals surface area contributed by atoms with E-state index in [1.807, 2.05) is 5.32 Å². The number of carbonyl (C=O) groups excluding carboxylic acids is 5. The lowest BCUT2D eigenvalue weighted by Gasteiger charge is -2.27. The normalized spacial score (nSPS) is 12.2. The van der Waals surface area contributed by atoms with Crippen LogP contribution < -0.4 is 15.5 Å². The Bertz CT molecular complexity index is 1670. The first-order valence-electron chi connectivity index (χ1n) is 11.7. The number of ether oxygens (including phenoxy) is 1. The molecule has 0 radical (unpaired) electrons. The molecule has 1 aliphatic rings. The first-order valence-corrected chi connectivity index (χ1v) is 11.7. The van der Waals surface area contributed by atoms with Gasteiger partial charge >= 0.3 is 12.0 Å². The van der Waals surface area contributed by atoms with Crippen LogP contribution in [0.3, 0.4) is 0 Å². The Kier molecular flexibility index (Phi) is 6.76. The van der Waals surface area contributed by atoms with Crippen LogP contribution >= 0.6 is 0 Å². The average Bonchev–Trinajstić information content (AvgIpc) is 3.47. The van der Waals surface area contributed by atoms with Crippen LogP contribution in [0.4, 0.5) is 16.2 Å². The zero-order chi connectivity index (χ0) is 28.4. The van der Waals surface area contributed by atoms with Crippen LogP contribution in [0.15, 0.2) is 77.4 Å². The predicted molar refractivity (Wildman–Crippen MR) is 138 cm³/mol. The Morgan fingerprint density at radius 1 is 0.925 bits per heavy atom. The number of esters is 1. The molecule has 0 bridgehead atoms. The van der Waals surface area contributed by atoms with Crippen LogP contribution in [0.1, 0.15) is 36.8 Å². The quantitative estimate of drug-likeness (QED) is 0.153. The second-order valence-electron chi connectivity index (χ2n) is 8.50. The lowest BCUT2D eigenvalue weighted by Crippen LogP contribution is -2.41. The van der Waals surface area contributed by atoms with Crippen LogP contribution in [0, 0.1) is 10.1 Å². The molecule has 0 atom stereocenters. The van der Waals surface area contributed by atoms with Gasteiger partial charge in [-0.25, -0.2) is 14.5 Å². The minimum absolute atomic E-state index is 0.0221. The molecule has 13 heteroatoms. The van der Waals surface area contributed by atoms with Crippen LogP contribution in [-0.2, 0) is 16.1 Å². The summed E-state index contributed by atoms with van der Waals surface area (Å²) in [6.45, 7) is -0.675. The number of nitrogens with zero attached hydrogens (tertiary/aromatic N) is 2. The number of amides is 5. The molecule has 0 unspecified atom stereocenters. The van der Waals surface area contributed by atoms with E-state index >= 15 is 0 Å². The van der Waals surface area contributed by atoms with Crippen LogP contribution in [0.2, 0.25) is 0 Å². The topological polar surface area (TPSA) is 178 Å². The molecule has 5 amide bonds. The molecule has 2 heterocycles. The standard InChI is InChI=1S/C27H18N4O9/c32-22(29-27(36)28-13-17-3-2-12-39-17)14-40-26(35)15-6-8-16(9-7-15)30-24(33)19-5-1-4-18-21(31(37)38)11-10-20(23(18)19)25(30)34/h1-12H,13-14H2,(H2,28,29,32,36). The number of nitro groups is 1. The van der Waals surface area contributed by atoms with Gasteiger partial charge in [0.2, 0.25) is 0 Å². The first-order chi connectivity index (χ1) is 19.2. The van der Waals surface area contributed by atoms with Crippen molar-refractivity contribution >= 4 is 51.9 Å². The largest absolute Gasteiger partial charge is 0.467 e. The number of imide groups is 2. The van der Waals surface area contributed by atoms with Crippen molar-refractivity contribution in [1.29, 1.82) is 0 Å². The van der Waals surface area contributed by atoms with Crippen LogP contribution in [-0.4, -0.2) is 41.3 Å². The van der Waals surface area contributed by atoms with E-state index in [-0.39, 0.29) is 45.4 Å². The number of furan rings is 1. The van der Waals surface area contributed by atoms with E-state index in [2.05, 4.69) is 5.32 Å². The number of hydrogen-bond acceptors (Lipinski definition) is 9. The summed E-state index contributed by atoms with van der Waals surface area (Å²) in [5.41, 5.74) is 0.199.